The van der Waals surface area contributed by atoms with Crippen LogP contribution in [0.2, 0.25) is 4.34 Å². The first-order valence-electron chi connectivity index (χ1n) is 4.29. The zero-order valence-corrected chi connectivity index (χ0v) is 11.6. The Bertz CT molecular complexity index is 401. The van der Waals surface area contributed by atoms with Gasteiger partial charge in [-0.2, -0.15) is 0 Å². The minimum Gasteiger partial charge on any atom is -0.306 e. The molecule has 2 rings (SSSR count). The number of thiazole rings is 1. The summed E-state index contributed by atoms with van der Waals surface area (Å²) >= 11 is 12.5. The molecule has 0 aliphatic heterocycles. The quantitative estimate of drug-likeness (QED) is 0.922. The second-order valence-corrected chi connectivity index (χ2v) is 7.16. The van der Waals surface area contributed by atoms with Gasteiger partial charge in [0.25, 0.3) is 0 Å². The van der Waals surface area contributed by atoms with E-state index in [4.69, 9.17) is 11.6 Å². The number of hydrogen-bond donors (Lipinski definition) is 1. The maximum atomic E-state index is 5.78. The lowest BCUT2D eigenvalue weighted by Crippen LogP contribution is -2.11. The van der Waals surface area contributed by atoms with Crippen molar-refractivity contribution in [3.8, 4) is 0 Å². The predicted octanol–water partition coefficient (Wildman–Crippen LogP) is 3.91. The minimum absolute atomic E-state index is 0.741. The average molecular weight is 324 g/mol. The Labute approximate surface area is 109 Å². The molecule has 2 heterocycles. The Hall–Kier alpha value is 0.0600. The van der Waals surface area contributed by atoms with E-state index in [1.54, 1.807) is 17.5 Å². The Morgan fingerprint density at radius 1 is 1.33 bits per heavy atom. The first kappa shape index (κ1) is 11.5. The fourth-order valence-corrected chi connectivity index (χ4v) is 3.49. The lowest BCUT2D eigenvalue weighted by Gasteiger charge is -1.98. The van der Waals surface area contributed by atoms with Gasteiger partial charge in [-0.05, 0) is 28.1 Å². The highest BCUT2D eigenvalue weighted by Crippen LogP contribution is 2.22. The van der Waals surface area contributed by atoms with Crippen molar-refractivity contribution in [3.63, 3.8) is 0 Å². The zero-order chi connectivity index (χ0) is 10.7. The van der Waals surface area contributed by atoms with Crippen molar-refractivity contribution >= 4 is 50.2 Å². The summed E-state index contributed by atoms with van der Waals surface area (Å²) < 4.78 is 1.90. The number of rotatable bonds is 4. The van der Waals surface area contributed by atoms with Crippen molar-refractivity contribution in [2.45, 2.75) is 13.1 Å². The van der Waals surface area contributed by atoms with Crippen LogP contribution in [0.25, 0.3) is 0 Å². The molecule has 0 aliphatic rings. The van der Waals surface area contributed by atoms with Gasteiger partial charge in [-0.1, -0.05) is 11.6 Å². The lowest BCUT2D eigenvalue weighted by molar-refractivity contribution is 0.697. The van der Waals surface area contributed by atoms with Gasteiger partial charge in [0.15, 0.2) is 0 Å². The van der Waals surface area contributed by atoms with Gasteiger partial charge in [0.2, 0.25) is 0 Å². The SMILES string of the molecule is Clc1cnc(CNCc2ccc(Br)s2)s1. The summed E-state index contributed by atoms with van der Waals surface area (Å²) in [6.45, 7) is 1.64. The van der Waals surface area contributed by atoms with Gasteiger partial charge in [-0.25, -0.2) is 4.98 Å². The van der Waals surface area contributed by atoms with E-state index in [2.05, 4.69) is 38.4 Å². The van der Waals surface area contributed by atoms with Gasteiger partial charge in [0.1, 0.15) is 9.34 Å². The zero-order valence-electron chi connectivity index (χ0n) is 7.67. The molecular weight excluding hydrogens is 316 g/mol. The molecule has 0 saturated heterocycles. The number of nitrogens with zero attached hydrogens (tertiary/aromatic N) is 1. The van der Waals surface area contributed by atoms with Gasteiger partial charge in [-0.3, -0.25) is 0 Å². The standard InChI is InChI=1S/C9H8BrClN2S2/c10-7-2-1-6(14-7)3-12-5-9-13-4-8(11)15-9/h1-2,4,12H,3,5H2. The molecule has 0 aromatic carbocycles. The highest BCUT2D eigenvalue weighted by atomic mass is 79.9. The molecule has 0 saturated carbocycles. The monoisotopic (exact) mass is 322 g/mol. The molecule has 15 heavy (non-hydrogen) atoms. The van der Waals surface area contributed by atoms with Crippen LogP contribution < -0.4 is 5.32 Å². The van der Waals surface area contributed by atoms with Crippen LogP contribution in [-0.2, 0) is 13.1 Å². The van der Waals surface area contributed by atoms with E-state index >= 15 is 0 Å². The third kappa shape index (κ3) is 3.53. The fraction of sp³-hybridized carbons (Fsp3) is 0.222. The number of nitrogens with one attached hydrogen (secondary N) is 1. The highest BCUT2D eigenvalue weighted by molar-refractivity contribution is 9.11. The molecule has 2 aromatic rings. The molecule has 0 fully saturated rings. The molecule has 0 bridgehead atoms. The first-order valence-corrected chi connectivity index (χ1v) is 7.09. The van der Waals surface area contributed by atoms with Gasteiger partial charge in [0, 0.05) is 18.0 Å². The van der Waals surface area contributed by atoms with E-state index in [0.29, 0.717) is 0 Å². The largest absolute Gasteiger partial charge is 0.306 e. The Kier molecular flexibility index (Phi) is 4.16. The molecule has 0 spiro atoms. The van der Waals surface area contributed by atoms with Crippen molar-refractivity contribution in [3.05, 3.63) is 36.3 Å². The Balaban J connectivity index is 1.80. The number of halogens is 2. The Morgan fingerprint density at radius 2 is 2.20 bits per heavy atom. The van der Waals surface area contributed by atoms with Crippen molar-refractivity contribution < 1.29 is 0 Å². The van der Waals surface area contributed by atoms with E-state index < -0.39 is 0 Å². The maximum absolute atomic E-state index is 5.78. The normalized spacial score (nSPS) is 10.8. The summed E-state index contributed by atoms with van der Waals surface area (Å²) in [5.74, 6) is 0. The summed E-state index contributed by atoms with van der Waals surface area (Å²) in [4.78, 5) is 5.48. The van der Waals surface area contributed by atoms with Crippen molar-refractivity contribution in [1.29, 1.82) is 0 Å². The van der Waals surface area contributed by atoms with E-state index in [9.17, 15) is 0 Å². The van der Waals surface area contributed by atoms with Crippen LogP contribution in [-0.4, -0.2) is 4.98 Å². The van der Waals surface area contributed by atoms with Crippen molar-refractivity contribution in [1.82, 2.24) is 10.3 Å². The molecular formula is C9H8BrClN2S2. The third-order valence-corrected chi connectivity index (χ3v) is 4.47. The van der Waals surface area contributed by atoms with Crippen molar-refractivity contribution in [2.24, 2.45) is 0 Å². The maximum Gasteiger partial charge on any atom is 0.113 e. The van der Waals surface area contributed by atoms with Gasteiger partial charge >= 0.3 is 0 Å². The van der Waals surface area contributed by atoms with Gasteiger partial charge in [0.05, 0.1) is 9.98 Å². The molecule has 0 unspecified atom stereocenters. The predicted molar refractivity (Wildman–Crippen MR) is 69.7 cm³/mol. The minimum atomic E-state index is 0.741. The molecule has 1 N–H and O–H groups in total. The number of aromatic nitrogens is 1. The van der Waals surface area contributed by atoms with Gasteiger partial charge in [-0.15, -0.1) is 22.7 Å². The molecule has 2 nitrogen and oxygen atoms in total. The third-order valence-electron chi connectivity index (χ3n) is 1.73. The summed E-state index contributed by atoms with van der Waals surface area (Å²) in [7, 11) is 0. The molecule has 2 aromatic heterocycles. The summed E-state index contributed by atoms with van der Waals surface area (Å²) in [5.41, 5.74) is 0. The smallest absolute Gasteiger partial charge is 0.113 e. The number of thiophene rings is 1. The van der Waals surface area contributed by atoms with E-state index in [-0.39, 0.29) is 0 Å². The molecule has 0 atom stereocenters. The van der Waals surface area contributed by atoms with E-state index in [1.807, 2.05) is 0 Å². The molecule has 0 radical (unpaired) electrons. The van der Waals surface area contributed by atoms with Crippen LogP contribution in [0.4, 0.5) is 0 Å². The number of hydrogen-bond acceptors (Lipinski definition) is 4. The van der Waals surface area contributed by atoms with Crippen LogP contribution in [0, 0.1) is 0 Å². The van der Waals surface area contributed by atoms with Crippen LogP contribution in [0.5, 0.6) is 0 Å². The summed E-state index contributed by atoms with van der Waals surface area (Å²) in [5, 5.41) is 4.35. The topological polar surface area (TPSA) is 24.9 Å². The second kappa shape index (κ2) is 5.41. The average Bonchev–Trinajstić information content (AvgIpc) is 2.76. The van der Waals surface area contributed by atoms with Gasteiger partial charge < -0.3 is 5.32 Å². The first-order chi connectivity index (χ1) is 7.24. The fourth-order valence-electron chi connectivity index (χ4n) is 1.11. The second-order valence-electron chi connectivity index (χ2n) is 2.87. The lowest BCUT2D eigenvalue weighted by atomic mass is 10.4. The van der Waals surface area contributed by atoms with Crippen LogP contribution in [0.15, 0.2) is 22.1 Å². The van der Waals surface area contributed by atoms with Crippen LogP contribution in [0.1, 0.15) is 9.88 Å². The molecule has 80 valence electrons. The molecule has 0 amide bonds. The Morgan fingerprint density at radius 3 is 2.80 bits per heavy atom. The van der Waals surface area contributed by atoms with Crippen molar-refractivity contribution in [2.75, 3.05) is 0 Å². The molecule has 0 aliphatic carbocycles. The van der Waals surface area contributed by atoms with E-state index in [0.717, 1.165) is 26.2 Å². The van der Waals surface area contributed by atoms with Crippen LogP contribution in [0.3, 0.4) is 0 Å². The van der Waals surface area contributed by atoms with Crippen LogP contribution >= 0.6 is 50.2 Å². The summed E-state index contributed by atoms with van der Waals surface area (Å²) in [6, 6.07) is 4.17. The highest BCUT2D eigenvalue weighted by Gasteiger charge is 2.00. The van der Waals surface area contributed by atoms with E-state index in [1.165, 1.54) is 16.2 Å². The molecule has 6 heteroatoms. The summed E-state index contributed by atoms with van der Waals surface area (Å²) in [6.07, 6.45) is 1.69.